The lowest BCUT2D eigenvalue weighted by Crippen LogP contribution is -2.42. The van der Waals surface area contributed by atoms with E-state index in [9.17, 15) is 18.5 Å². The van der Waals surface area contributed by atoms with Crippen molar-refractivity contribution in [1.29, 1.82) is 5.26 Å². The van der Waals surface area contributed by atoms with Gasteiger partial charge in [0.2, 0.25) is 5.91 Å². The van der Waals surface area contributed by atoms with Gasteiger partial charge in [-0.15, -0.1) is 22.7 Å². The molecule has 1 saturated heterocycles. The number of carbonyl (C=O) groups is 1. The van der Waals surface area contributed by atoms with Gasteiger partial charge in [0.15, 0.2) is 0 Å². The number of amides is 1. The van der Waals surface area contributed by atoms with Crippen LogP contribution in [0.1, 0.15) is 28.8 Å². The molecule has 1 fully saturated rings. The number of halogens is 1. The van der Waals surface area contributed by atoms with E-state index in [1.807, 2.05) is 13.8 Å². The van der Waals surface area contributed by atoms with E-state index in [1.165, 1.54) is 27.8 Å². The largest absolute Gasteiger partial charge is 0.315 e. The molecule has 1 N–H and O–H groups in total. The lowest BCUT2D eigenvalue weighted by molar-refractivity contribution is -0.119. The minimum Gasteiger partial charge on any atom is -0.315 e. The number of rotatable bonds is 4. The first kappa shape index (κ1) is 19.3. The molecule has 10 heteroatoms. The third-order valence-electron chi connectivity index (χ3n) is 4.35. The SMILES string of the molecule is Cc1sc(NC(=O)[C@H]2CCCN2S(=O)(=O)c2ccc(Cl)s2)c(C#N)c1C. The summed E-state index contributed by atoms with van der Waals surface area (Å²) in [5.74, 6) is -0.411. The minimum atomic E-state index is -3.78. The highest BCUT2D eigenvalue weighted by atomic mass is 35.5. The highest BCUT2D eigenvalue weighted by molar-refractivity contribution is 7.91. The van der Waals surface area contributed by atoms with Crippen molar-refractivity contribution in [2.75, 3.05) is 11.9 Å². The van der Waals surface area contributed by atoms with Crippen molar-refractivity contribution in [2.24, 2.45) is 0 Å². The molecule has 1 amide bonds. The zero-order chi connectivity index (χ0) is 19.1. The summed E-state index contributed by atoms with van der Waals surface area (Å²) in [4.78, 5) is 13.7. The normalized spacial score (nSPS) is 18.0. The van der Waals surface area contributed by atoms with Crippen molar-refractivity contribution in [3.63, 3.8) is 0 Å². The van der Waals surface area contributed by atoms with Crippen LogP contribution in [0.25, 0.3) is 0 Å². The van der Waals surface area contributed by atoms with Crippen molar-refractivity contribution in [1.82, 2.24) is 4.31 Å². The van der Waals surface area contributed by atoms with Gasteiger partial charge in [-0.3, -0.25) is 4.79 Å². The van der Waals surface area contributed by atoms with Gasteiger partial charge in [-0.1, -0.05) is 11.6 Å². The summed E-state index contributed by atoms with van der Waals surface area (Å²) in [6, 6.07) is 4.29. The fourth-order valence-corrected chi connectivity index (χ4v) is 7.17. The predicted molar refractivity (Wildman–Crippen MR) is 103 cm³/mol. The quantitative estimate of drug-likeness (QED) is 0.801. The molecule has 3 rings (SSSR count). The highest BCUT2D eigenvalue weighted by Gasteiger charge is 2.40. The van der Waals surface area contributed by atoms with Gasteiger partial charge in [0.1, 0.15) is 21.3 Å². The maximum Gasteiger partial charge on any atom is 0.253 e. The number of nitrogens with one attached hydrogen (secondary N) is 1. The molecule has 0 spiro atoms. The van der Waals surface area contributed by atoms with Crippen LogP contribution in [0.15, 0.2) is 16.3 Å². The molecule has 2 aromatic heterocycles. The van der Waals surface area contributed by atoms with Crippen molar-refractivity contribution in [2.45, 2.75) is 36.9 Å². The molecule has 0 aromatic carbocycles. The van der Waals surface area contributed by atoms with Crippen LogP contribution in [0.5, 0.6) is 0 Å². The van der Waals surface area contributed by atoms with Crippen LogP contribution in [0.3, 0.4) is 0 Å². The van der Waals surface area contributed by atoms with Gasteiger partial charge < -0.3 is 5.32 Å². The van der Waals surface area contributed by atoms with Crippen molar-refractivity contribution in [3.8, 4) is 6.07 Å². The van der Waals surface area contributed by atoms with Gasteiger partial charge in [-0.2, -0.15) is 9.57 Å². The molecule has 0 unspecified atom stereocenters. The van der Waals surface area contributed by atoms with Crippen LogP contribution in [0, 0.1) is 25.2 Å². The third kappa shape index (κ3) is 3.40. The number of hydrogen-bond donors (Lipinski definition) is 1. The van der Waals surface area contributed by atoms with Crippen LogP contribution in [0.2, 0.25) is 4.34 Å². The first-order chi connectivity index (χ1) is 12.3. The highest BCUT2D eigenvalue weighted by Crippen LogP contribution is 2.35. The number of anilines is 1. The second-order valence-electron chi connectivity index (χ2n) is 5.92. The number of nitriles is 1. The van der Waals surface area contributed by atoms with Crippen LogP contribution >= 0.6 is 34.3 Å². The predicted octanol–water partition coefficient (Wildman–Crippen LogP) is 3.74. The second-order valence-corrected chi connectivity index (χ2v) is 11.0. The van der Waals surface area contributed by atoms with Crippen LogP contribution < -0.4 is 5.32 Å². The molecule has 3 heterocycles. The molecule has 138 valence electrons. The Kier molecular flexibility index (Phi) is 5.42. The van der Waals surface area contributed by atoms with E-state index in [0.29, 0.717) is 27.7 Å². The second kappa shape index (κ2) is 7.29. The Balaban J connectivity index is 1.86. The first-order valence-electron chi connectivity index (χ1n) is 7.84. The van der Waals surface area contributed by atoms with Gasteiger partial charge in [-0.05, 0) is 44.4 Å². The van der Waals surface area contributed by atoms with Crippen molar-refractivity contribution < 1.29 is 13.2 Å². The molecule has 26 heavy (non-hydrogen) atoms. The summed E-state index contributed by atoms with van der Waals surface area (Å²) in [5, 5.41) is 12.5. The summed E-state index contributed by atoms with van der Waals surface area (Å²) in [5.41, 5.74) is 1.26. The van der Waals surface area contributed by atoms with E-state index >= 15 is 0 Å². The van der Waals surface area contributed by atoms with Crippen molar-refractivity contribution >= 4 is 55.2 Å². The lowest BCUT2D eigenvalue weighted by atomic mass is 10.2. The molecule has 0 bridgehead atoms. The molecule has 1 aliphatic rings. The molecule has 2 aromatic rings. The zero-order valence-electron chi connectivity index (χ0n) is 14.1. The van der Waals surface area contributed by atoms with Crippen LogP contribution in [-0.4, -0.2) is 31.2 Å². The Morgan fingerprint density at radius 3 is 2.73 bits per heavy atom. The summed E-state index contributed by atoms with van der Waals surface area (Å²) in [6.07, 6.45) is 1.04. The Morgan fingerprint density at radius 2 is 2.12 bits per heavy atom. The van der Waals surface area contributed by atoms with Gasteiger partial charge in [-0.25, -0.2) is 8.42 Å². The fourth-order valence-electron chi connectivity index (χ4n) is 2.89. The molecule has 0 aliphatic carbocycles. The number of hydrogen-bond acceptors (Lipinski definition) is 6. The molecule has 1 atom stereocenters. The zero-order valence-corrected chi connectivity index (χ0v) is 17.3. The standard InChI is InChI=1S/C16H16ClN3O3S3/c1-9-10(2)24-16(11(9)8-18)19-15(21)12-4-3-7-20(12)26(22,23)14-6-5-13(17)25-14/h5-6,12H,3-4,7H2,1-2H3,(H,19,21)/t12-/m1/s1. The van der Waals surface area contributed by atoms with E-state index in [-0.39, 0.29) is 10.8 Å². The Bertz CT molecular complexity index is 1000. The fraction of sp³-hybridized carbons (Fsp3) is 0.375. The van der Waals surface area contributed by atoms with E-state index in [1.54, 1.807) is 0 Å². The van der Waals surface area contributed by atoms with Gasteiger partial charge >= 0.3 is 0 Å². The minimum absolute atomic E-state index is 0.128. The summed E-state index contributed by atoms with van der Waals surface area (Å²) < 4.78 is 27.4. The smallest absolute Gasteiger partial charge is 0.253 e. The summed E-state index contributed by atoms with van der Waals surface area (Å²) in [6.45, 7) is 3.99. The van der Waals surface area contributed by atoms with Crippen LogP contribution in [-0.2, 0) is 14.8 Å². The van der Waals surface area contributed by atoms with Gasteiger partial charge in [0.25, 0.3) is 10.0 Å². The van der Waals surface area contributed by atoms with E-state index < -0.39 is 22.0 Å². The average Bonchev–Trinajstić information content (AvgIpc) is 3.28. The number of nitrogens with zero attached hydrogens (tertiary/aromatic N) is 2. The van der Waals surface area contributed by atoms with Gasteiger partial charge in [0, 0.05) is 11.4 Å². The molecule has 1 aliphatic heterocycles. The average molecular weight is 430 g/mol. The Labute approximate surface area is 165 Å². The number of aryl methyl sites for hydroxylation is 1. The van der Waals surface area contributed by atoms with Crippen molar-refractivity contribution in [3.05, 3.63) is 32.5 Å². The number of thiophene rings is 2. The summed E-state index contributed by atoms with van der Waals surface area (Å²) in [7, 11) is -3.78. The number of carbonyl (C=O) groups excluding carboxylic acids is 1. The summed E-state index contributed by atoms with van der Waals surface area (Å²) >= 11 is 8.15. The van der Waals surface area contributed by atoms with Gasteiger partial charge in [0.05, 0.1) is 9.90 Å². The molecular formula is C16H16ClN3O3S3. The van der Waals surface area contributed by atoms with E-state index in [0.717, 1.165) is 21.8 Å². The molecule has 0 saturated carbocycles. The molecular weight excluding hydrogens is 414 g/mol. The Hall–Kier alpha value is -1.44. The van der Waals surface area contributed by atoms with E-state index in [4.69, 9.17) is 11.6 Å². The topological polar surface area (TPSA) is 90.3 Å². The maximum absolute atomic E-state index is 12.8. The van der Waals surface area contributed by atoms with E-state index in [2.05, 4.69) is 11.4 Å². The molecule has 6 nitrogen and oxygen atoms in total. The number of sulfonamides is 1. The maximum atomic E-state index is 12.8. The first-order valence-corrected chi connectivity index (χ1v) is 11.3. The Morgan fingerprint density at radius 1 is 1.38 bits per heavy atom. The molecule has 0 radical (unpaired) electrons. The van der Waals surface area contributed by atoms with Crippen LogP contribution in [0.4, 0.5) is 5.00 Å². The lowest BCUT2D eigenvalue weighted by Gasteiger charge is -2.22. The third-order valence-corrected chi connectivity index (χ3v) is 9.08. The monoisotopic (exact) mass is 429 g/mol.